The number of rotatable bonds is 2. The Balaban J connectivity index is 0.000000302. The van der Waals surface area contributed by atoms with Gasteiger partial charge in [0.15, 0.2) is 0 Å². The van der Waals surface area contributed by atoms with Gasteiger partial charge in [-0.1, -0.05) is 49.4 Å². The van der Waals surface area contributed by atoms with E-state index in [4.69, 9.17) is 20.0 Å². The summed E-state index contributed by atoms with van der Waals surface area (Å²) in [4.78, 5) is 13.2. The highest BCUT2D eigenvalue weighted by atomic mass is 16.3. The molecule has 1 saturated carbocycles. The molecule has 0 amide bonds. The number of hydrogen-bond donors (Lipinski definition) is 2. The van der Waals surface area contributed by atoms with Crippen LogP contribution in [0.4, 0.5) is 0 Å². The molecule has 1 fully saturated rings. The molecule has 6 rings (SSSR count). The molecule has 3 aromatic carbocycles. The van der Waals surface area contributed by atoms with Gasteiger partial charge >= 0.3 is 0 Å². The van der Waals surface area contributed by atoms with Crippen molar-refractivity contribution in [3.8, 4) is 11.1 Å². The van der Waals surface area contributed by atoms with Gasteiger partial charge in [-0.3, -0.25) is 9.78 Å². The molecule has 0 bridgehead atoms. The first-order chi connectivity index (χ1) is 16.2. The van der Waals surface area contributed by atoms with E-state index in [0.717, 1.165) is 18.3 Å². The van der Waals surface area contributed by atoms with Crippen LogP contribution in [0.5, 0.6) is 0 Å². The van der Waals surface area contributed by atoms with Crippen molar-refractivity contribution in [1.29, 1.82) is 0 Å². The molecule has 1 heterocycles. The molecule has 4 aromatic rings. The fourth-order valence-electron chi connectivity index (χ4n) is 5.32. The third-order valence-corrected chi connectivity index (χ3v) is 6.55. The van der Waals surface area contributed by atoms with E-state index in [-0.39, 0.29) is 6.47 Å². The third-order valence-electron chi connectivity index (χ3n) is 6.55. The Morgan fingerprint density at radius 2 is 1.68 bits per heavy atom. The second kappa shape index (κ2) is 9.19. The van der Waals surface area contributed by atoms with E-state index in [1.165, 1.54) is 61.5 Å². The third kappa shape index (κ3) is 4.43. The second-order valence-corrected chi connectivity index (χ2v) is 10.2. The van der Waals surface area contributed by atoms with Crippen molar-refractivity contribution in [1.82, 2.24) is 4.98 Å². The maximum atomic E-state index is 8.52. The zero-order valence-electron chi connectivity index (χ0n) is 20.6. The summed E-state index contributed by atoms with van der Waals surface area (Å²) < 4.78 is 0. The quantitative estimate of drug-likeness (QED) is 0.320. The molecule has 2 atom stereocenters. The van der Waals surface area contributed by atoms with Crippen molar-refractivity contribution in [2.75, 3.05) is 0 Å². The largest absolute Gasteiger partial charge is 0.483 e. The smallest absolute Gasteiger partial charge is 0.290 e. The molecule has 1 aromatic heterocycles. The maximum Gasteiger partial charge on any atom is 0.290 e. The summed E-state index contributed by atoms with van der Waals surface area (Å²) in [5, 5.41) is 19.5. The number of nitrogens with zero attached hydrogens (tertiary/aromatic N) is 1. The average Bonchev–Trinajstić information content (AvgIpc) is 3.51. The van der Waals surface area contributed by atoms with Gasteiger partial charge in [0.25, 0.3) is 6.47 Å². The number of aliphatic hydroxyl groups is 1. The molecular weight excluding hydrogens is 422 g/mol. The van der Waals surface area contributed by atoms with Crippen molar-refractivity contribution in [2.45, 2.75) is 64.9 Å². The molecule has 0 aliphatic heterocycles. The number of carboxylic acid groups (broad SMARTS) is 1. The van der Waals surface area contributed by atoms with Crippen LogP contribution in [0.15, 0.2) is 54.7 Å². The van der Waals surface area contributed by atoms with Crippen LogP contribution in [-0.2, 0) is 11.2 Å². The Morgan fingerprint density at radius 1 is 1.06 bits per heavy atom. The number of hydrogen-bond acceptors (Lipinski definition) is 3. The lowest BCUT2D eigenvalue weighted by atomic mass is 9.87. The van der Waals surface area contributed by atoms with Crippen LogP contribution in [0.25, 0.3) is 32.8 Å². The van der Waals surface area contributed by atoms with E-state index in [2.05, 4.69) is 62.4 Å². The minimum atomic E-state index is -0.500. The first kappa shape index (κ1) is 23.9. The number of pyridine rings is 1. The van der Waals surface area contributed by atoms with E-state index < -0.39 is 5.60 Å². The second-order valence-electron chi connectivity index (χ2n) is 10.2. The van der Waals surface area contributed by atoms with Crippen LogP contribution in [0.3, 0.4) is 0 Å². The van der Waals surface area contributed by atoms with Crippen molar-refractivity contribution in [3.05, 3.63) is 77.0 Å². The van der Waals surface area contributed by atoms with Gasteiger partial charge in [-0.2, -0.15) is 0 Å². The van der Waals surface area contributed by atoms with E-state index in [1.807, 2.05) is 6.20 Å². The van der Waals surface area contributed by atoms with Crippen molar-refractivity contribution < 1.29 is 15.0 Å². The van der Waals surface area contributed by atoms with Crippen LogP contribution in [0, 0.1) is 6.92 Å². The molecule has 2 N–H and O–H groups in total. The monoisotopic (exact) mass is 455 g/mol. The summed E-state index contributed by atoms with van der Waals surface area (Å²) in [5.74, 6) is 1.51. The lowest BCUT2D eigenvalue weighted by Crippen LogP contribution is -2.10. The number of fused-ring (bicyclic) bond motifs is 4. The lowest BCUT2D eigenvalue weighted by Gasteiger charge is -2.18. The lowest BCUT2D eigenvalue weighted by molar-refractivity contribution is -0.122. The maximum absolute atomic E-state index is 8.52. The molecule has 176 valence electrons. The van der Waals surface area contributed by atoms with Gasteiger partial charge < -0.3 is 10.2 Å². The van der Waals surface area contributed by atoms with Gasteiger partial charge in [0.05, 0.1) is 11.1 Å². The average molecular weight is 456 g/mol. The Kier molecular flexibility index (Phi) is 6.46. The molecule has 34 heavy (non-hydrogen) atoms. The van der Waals surface area contributed by atoms with Crippen molar-refractivity contribution in [3.63, 3.8) is 0 Å². The Labute approximate surface area is 201 Å². The summed E-state index contributed by atoms with van der Waals surface area (Å²) in [6.07, 6.45) is 4.40. The molecule has 4 heteroatoms. The molecule has 2 unspecified atom stereocenters. The Hall–Kier alpha value is -3.24. The summed E-state index contributed by atoms with van der Waals surface area (Å²) in [5.41, 5.74) is 9.31. The SMILES string of the molecule is CC(C)(C)O.CCc1c(C)cc2ccccc2c1-c1ccc2c3c(ccnc13)C1CC21.O=CO. The van der Waals surface area contributed by atoms with Gasteiger partial charge in [-0.25, -0.2) is 0 Å². The molecular formula is C30H33NO3. The Bertz CT molecular complexity index is 1350. The topological polar surface area (TPSA) is 70.4 Å². The fourth-order valence-corrected chi connectivity index (χ4v) is 5.32. The van der Waals surface area contributed by atoms with Crippen LogP contribution in [-0.4, -0.2) is 27.3 Å². The first-order valence-electron chi connectivity index (χ1n) is 11.9. The number of carbonyl (C=O) groups is 1. The van der Waals surface area contributed by atoms with Gasteiger partial charge in [-0.15, -0.1) is 0 Å². The predicted octanol–water partition coefficient (Wildman–Crippen LogP) is 6.99. The van der Waals surface area contributed by atoms with Gasteiger partial charge in [0.2, 0.25) is 0 Å². The molecule has 0 spiro atoms. The predicted molar refractivity (Wildman–Crippen MR) is 140 cm³/mol. The van der Waals surface area contributed by atoms with E-state index in [1.54, 1.807) is 20.8 Å². The highest BCUT2D eigenvalue weighted by molar-refractivity contribution is 6.08. The van der Waals surface area contributed by atoms with Crippen LogP contribution in [0.1, 0.15) is 68.2 Å². The summed E-state index contributed by atoms with van der Waals surface area (Å²) >= 11 is 0. The Morgan fingerprint density at radius 3 is 2.32 bits per heavy atom. The number of aryl methyl sites for hydroxylation is 1. The van der Waals surface area contributed by atoms with Gasteiger partial charge in [0.1, 0.15) is 0 Å². The summed E-state index contributed by atoms with van der Waals surface area (Å²) in [7, 11) is 0. The van der Waals surface area contributed by atoms with Crippen molar-refractivity contribution in [2.24, 2.45) is 0 Å². The zero-order chi connectivity index (χ0) is 24.6. The first-order valence-corrected chi connectivity index (χ1v) is 11.9. The zero-order valence-corrected chi connectivity index (χ0v) is 20.6. The minimum Gasteiger partial charge on any atom is -0.483 e. The minimum absolute atomic E-state index is 0.250. The van der Waals surface area contributed by atoms with Crippen molar-refractivity contribution >= 4 is 28.1 Å². The highest BCUT2D eigenvalue weighted by Gasteiger charge is 2.47. The molecule has 4 nitrogen and oxygen atoms in total. The van der Waals surface area contributed by atoms with E-state index in [9.17, 15) is 0 Å². The molecule has 2 aliphatic carbocycles. The van der Waals surface area contributed by atoms with E-state index >= 15 is 0 Å². The number of aromatic nitrogens is 1. The summed E-state index contributed by atoms with van der Waals surface area (Å²) in [6, 6.07) is 18.1. The summed E-state index contributed by atoms with van der Waals surface area (Å²) in [6.45, 7) is 9.49. The molecule has 2 aliphatic rings. The van der Waals surface area contributed by atoms with Gasteiger partial charge in [-0.05, 0) is 97.0 Å². The van der Waals surface area contributed by atoms with E-state index in [0.29, 0.717) is 0 Å². The van der Waals surface area contributed by atoms with Gasteiger partial charge in [0, 0.05) is 17.1 Å². The fraction of sp³-hybridized carbons (Fsp3) is 0.333. The van der Waals surface area contributed by atoms with Crippen LogP contribution < -0.4 is 0 Å². The van der Waals surface area contributed by atoms with Crippen LogP contribution in [0.2, 0.25) is 0 Å². The van der Waals surface area contributed by atoms with Crippen LogP contribution >= 0.6 is 0 Å². The normalized spacial score (nSPS) is 17.4. The standard InChI is InChI=1S/C25H21N.C4H10O.CH2O2/c1-3-16-14(2)12-15-6-4-5-7-17(15)23(16)20-9-8-18-21-13-22(21)19-10-11-26-25(20)24(18)19;1-4(2,3)5;2-1-3/h4-12,21-22H,3,13H2,1-2H3;5H,1-3H3;1H,(H,2,3). The molecule has 0 radical (unpaired) electrons. The number of benzene rings is 3. The molecule has 0 saturated heterocycles. The highest BCUT2D eigenvalue weighted by Crippen LogP contribution is 2.63.